The average molecular weight is 394 g/mol. The van der Waals surface area contributed by atoms with E-state index in [1.807, 2.05) is 18.7 Å². The molecule has 1 aromatic carbocycles. The molecular weight excluding hydrogens is 369 g/mol. The number of alkyl halides is 3. The minimum absolute atomic E-state index is 0.115. The number of benzene rings is 1. The zero-order valence-corrected chi connectivity index (χ0v) is 16.1. The lowest BCUT2D eigenvalue weighted by atomic mass is 10.1. The lowest BCUT2D eigenvalue weighted by Crippen LogP contribution is -2.45. The Morgan fingerprint density at radius 2 is 2.14 bits per heavy atom. The summed E-state index contributed by atoms with van der Waals surface area (Å²) in [4.78, 5) is 17.9. The molecule has 1 heterocycles. The van der Waals surface area contributed by atoms with Gasteiger partial charge in [-0.15, -0.1) is 0 Å². The Kier molecular flexibility index (Phi) is 7.73. The van der Waals surface area contributed by atoms with E-state index in [9.17, 15) is 18.0 Å². The van der Waals surface area contributed by atoms with Crippen LogP contribution in [0.3, 0.4) is 0 Å². The van der Waals surface area contributed by atoms with E-state index in [2.05, 4.69) is 27.5 Å². The third-order valence-corrected chi connectivity index (χ3v) is 4.27. The van der Waals surface area contributed by atoms with Crippen LogP contribution in [-0.4, -0.2) is 49.0 Å². The predicted octanol–water partition coefficient (Wildman–Crippen LogP) is 2.62. The van der Waals surface area contributed by atoms with Crippen molar-refractivity contribution in [2.24, 2.45) is 4.99 Å². The molecule has 1 aliphatic heterocycles. The van der Waals surface area contributed by atoms with Crippen molar-refractivity contribution in [2.45, 2.75) is 38.9 Å². The van der Waals surface area contributed by atoms with Crippen molar-refractivity contribution in [3.05, 3.63) is 35.4 Å². The number of halogens is 3. The third-order valence-electron chi connectivity index (χ3n) is 4.27. The van der Waals surface area contributed by atoms with Crippen molar-refractivity contribution in [1.29, 1.82) is 0 Å². The van der Waals surface area contributed by atoms with Gasteiger partial charge >= 0.3 is 6.18 Å². The third kappa shape index (κ3) is 6.48. The molecule has 1 aliphatic rings. The highest BCUT2D eigenvalue weighted by Crippen LogP contribution is 2.29. The SMILES string of the molecule is CCNC(=NCC#Cc1cccc(C(F)(F)F)c1)NC1CCN(C(=O)CC)C1. The second-order valence-corrected chi connectivity index (χ2v) is 6.40. The number of rotatable bonds is 4. The first-order valence-electron chi connectivity index (χ1n) is 9.32. The molecular formula is C20H25F3N4O. The van der Waals surface area contributed by atoms with E-state index in [1.165, 1.54) is 12.1 Å². The quantitative estimate of drug-likeness (QED) is 0.469. The van der Waals surface area contributed by atoms with Gasteiger partial charge in [-0.3, -0.25) is 4.79 Å². The summed E-state index contributed by atoms with van der Waals surface area (Å²) in [5.41, 5.74) is -0.419. The fourth-order valence-electron chi connectivity index (χ4n) is 2.88. The summed E-state index contributed by atoms with van der Waals surface area (Å²) in [6.45, 7) is 5.95. The van der Waals surface area contributed by atoms with E-state index >= 15 is 0 Å². The predicted molar refractivity (Wildman–Crippen MR) is 103 cm³/mol. The summed E-state index contributed by atoms with van der Waals surface area (Å²) in [7, 11) is 0. The number of hydrogen-bond donors (Lipinski definition) is 2. The fraction of sp³-hybridized carbons (Fsp3) is 0.500. The summed E-state index contributed by atoms with van der Waals surface area (Å²) in [6.07, 6.45) is -3.05. The van der Waals surface area contributed by atoms with Crippen LogP contribution in [0.5, 0.6) is 0 Å². The largest absolute Gasteiger partial charge is 0.416 e. The lowest BCUT2D eigenvalue weighted by Gasteiger charge is -2.18. The van der Waals surface area contributed by atoms with Gasteiger partial charge in [0.2, 0.25) is 5.91 Å². The summed E-state index contributed by atoms with van der Waals surface area (Å²) >= 11 is 0. The minimum atomic E-state index is -4.38. The number of nitrogens with zero attached hydrogens (tertiary/aromatic N) is 2. The molecule has 8 heteroatoms. The maximum absolute atomic E-state index is 12.7. The van der Waals surface area contributed by atoms with Crippen molar-refractivity contribution < 1.29 is 18.0 Å². The van der Waals surface area contributed by atoms with Crippen molar-refractivity contribution in [3.8, 4) is 11.8 Å². The number of likely N-dealkylation sites (tertiary alicyclic amines) is 1. The van der Waals surface area contributed by atoms with E-state index < -0.39 is 11.7 Å². The molecule has 0 aromatic heterocycles. The van der Waals surface area contributed by atoms with Crippen LogP contribution in [0.1, 0.15) is 37.8 Å². The molecule has 0 saturated carbocycles. The first-order chi connectivity index (χ1) is 13.3. The molecule has 2 N–H and O–H groups in total. The molecule has 1 fully saturated rings. The van der Waals surface area contributed by atoms with Crippen LogP contribution in [-0.2, 0) is 11.0 Å². The molecule has 1 aromatic rings. The Morgan fingerprint density at radius 3 is 2.82 bits per heavy atom. The molecule has 28 heavy (non-hydrogen) atoms. The summed E-state index contributed by atoms with van der Waals surface area (Å²) in [6, 6.07) is 5.03. The Hall–Kier alpha value is -2.69. The fourth-order valence-corrected chi connectivity index (χ4v) is 2.88. The first-order valence-corrected chi connectivity index (χ1v) is 9.32. The number of carbonyl (C=O) groups is 1. The van der Waals surface area contributed by atoms with Crippen LogP contribution in [0.25, 0.3) is 0 Å². The highest BCUT2D eigenvalue weighted by Gasteiger charge is 2.30. The normalized spacial score (nSPS) is 17.1. The zero-order chi connectivity index (χ0) is 20.6. The zero-order valence-electron chi connectivity index (χ0n) is 16.1. The topological polar surface area (TPSA) is 56.7 Å². The van der Waals surface area contributed by atoms with E-state index in [0.717, 1.165) is 25.1 Å². The van der Waals surface area contributed by atoms with Gasteiger partial charge in [-0.1, -0.05) is 24.8 Å². The van der Waals surface area contributed by atoms with Gasteiger partial charge in [-0.05, 0) is 31.5 Å². The van der Waals surface area contributed by atoms with Gasteiger partial charge in [0.15, 0.2) is 5.96 Å². The molecule has 0 aliphatic carbocycles. The number of carbonyl (C=O) groups excluding carboxylic acids is 1. The van der Waals surface area contributed by atoms with Gasteiger partial charge in [0.1, 0.15) is 6.54 Å². The van der Waals surface area contributed by atoms with Crippen molar-refractivity contribution in [3.63, 3.8) is 0 Å². The first kappa shape index (κ1) is 21.6. The average Bonchev–Trinajstić information content (AvgIpc) is 3.13. The Labute approximate surface area is 163 Å². The van der Waals surface area contributed by atoms with E-state index in [1.54, 1.807) is 0 Å². The van der Waals surface area contributed by atoms with Gasteiger partial charge in [-0.25, -0.2) is 4.99 Å². The molecule has 152 valence electrons. The van der Waals surface area contributed by atoms with E-state index in [-0.39, 0.29) is 18.5 Å². The van der Waals surface area contributed by atoms with Crippen molar-refractivity contribution >= 4 is 11.9 Å². The number of nitrogens with one attached hydrogen (secondary N) is 2. The van der Waals surface area contributed by atoms with Gasteiger partial charge in [0.05, 0.1) is 5.56 Å². The number of guanidine groups is 1. The summed E-state index contributed by atoms with van der Waals surface area (Å²) in [5, 5.41) is 6.40. The second-order valence-electron chi connectivity index (χ2n) is 6.40. The molecule has 0 spiro atoms. The molecule has 0 bridgehead atoms. The van der Waals surface area contributed by atoms with Crippen molar-refractivity contribution in [1.82, 2.24) is 15.5 Å². The molecule has 1 amide bonds. The molecule has 1 atom stereocenters. The Bertz CT molecular complexity index is 765. The molecule has 5 nitrogen and oxygen atoms in total. The van der Waals surface area contributed by atoms with Crippen LogP contribution >= 0.6 is 0 Å². The summed E-state index contributed by atoms with van der Waals surface area (Å²) in [5.74, 6) is 6.21. The van der Waals surface area contributed by atoms with E-state index in [0.29, 0.717) is 31.0 Å². The maximum Gasteiger partial charge on any atom is 0.416 e. The van der Waals surface area contributed by atoms with Gasteiger partial charge in [0.25, 0.3) is 0 Å². The van der Waals surface area contributed by atoms with Gasteiger partial charge in [0, 0.05) is 37.7 Å². The number of hydrogen-bond acceptors (Lipinski definition) is 2. The molecule has 1 saturated heterocycles. The molecule has 1 unspecified atom stereocenters. The van der Waals surface area contributed by atoms with E-state index in [4.69, 9.17) is 0 Å². The number of amides is 1. The monoisotopic (exact) mass is 394 g/mol. The number of aliphatic imine (C=N–C) groups is 1. The Balaban J connectivity index is 1.95. The summed E-state index contributed by atoms with van der Waals surface area (Å²) < 4.78 is 38.2. The second kappa shape index (κ2) is 10.0. The molecule has 2 rings (SSSR count). The smallest absolute Gasteiger partial charge is 0.357 e. The minimum Gasteiger partial charge on any atom is -0.357 e. The van der Waals surface area contributed by atoms with Crippen LogP contribution < -0.4 is 10.6 Å². The lowest BCUT2D eigenvalue weighted by molar-refractivity contribution is -0.137. The van der Waals surface area contributed by atoms with Crippen LogP contribution in [0.15, 0.2) is 29.3 Å². The van der Waals surface area contributed by atoms with Gasteiger partial charge in [-0.2, -0.15) is 13.2 Å². The van der Waals surface area contributed by atoms with Crippen LogP contribution in [0.2, 0.25) is 0 Å². The highest BCUT2D eigenvalue weighted by atomic mass is 19.4. The van der Waals surface area contributed by atoms with Crippen LogP contribution in [0.4, 0.5) is 13.2 Å². The Morgan fingerprint density at radius 1 is 1.36 bits per heavy atom. The van der Waals surface area contributed by atoms with Gasteiger partial charge < -0.3 is 15.5 Å². The standard InChI is InChI=1S/C20H25F3N4O/c1-3-18(28)27-12-10-17(14-27)26-19(24-4-2)25-11-6-8-15-7-5-9-16(13-15)20(21,22)23/h5,7,9,13,17H,3-4,10-12,14H2,1-2H3,(H2,24,25,26). The molecule has 0 radical (unpaired) electrons. The van der Waals surface area contributed by atoms with Crippen LogP contribution in [0, 0.1) is 11.8 Å². The maximum atomic E-state index is 12.7. The van der Waals surface area contributed by atoms with Crippen molar-refractivity contribution in [2.75, 3.05) is 26.2 Å². The highest BCUT2D eigenvalue weighted by molar-refractivity contribution is 5.81.